The SMILES string of the molecule is CN(c1ccc(-c2ccccc2)c(OCCCCOCc2ccccc2)c1)c1nc2c(N)ncnc2n1[C@@H]1O[C@H](CO)C(O)C1O. The third-order valence-electron chi connectivity index (χ3n) is 8.05. The number of unbranched alkanes of at least 4 members (excludes halogenated alkanes) is 1. The fourth-order valence-electron chi connectivity index (χ4n) is 5.54. The lowest BCUT2D eigenvalue weighted by molar-refractivity contribution is -0.0503. The molecule has 1 aliphatic rings. The van der Waals surface area contributed by atoms with Gasteiger partial charge < -0.3 is 40.2 Å². The van der Waals surface area contributed by atoms with Crippen molar-refractivity contribution in [1.82, 2.24) is 19.5 Å². The summed E-state index contributed by atoms with van der Waals surface area (Å²) in [5, 5.41) is 31.1. The minimum Gasteiger partial charge on any atom is -0.493 e. The molecule has 0 radical (unpaired) electrons. The smallest absolute Gasteiger partial charge is 0.214 e. The van der Waals surface area contributed by atoms with Crippen LogP contribution in [0.1, 0.15) is 24.6 Å². The van der Waals surface area contributed by atoms with E-state index in [-0.39, 0.29) is 5.82 Å². The van der Waals surface area contributed by atoms with E-state index in [9.17, 15) is 15.3 Å². The third-order valence-corrected chi connectivity index (χ3v) is 8.05. The quantitative estimate of drug-likeness (QED) is 0.141. The molecule has 0 amide bonds. The molecule has 0 aliphatic carbocycles. The van der Waals surface area contributed by atoms with E-state index in [1.54, 1.807) is 9.47 Å². The summed E-state index contributed by atoms with van der Waals surface area (Å²) in [5.41, 5.74) is 10.6. The van der Waals surface area contributed by atoms with Crippen molar-refractivity contribution >= 4 is 28.6 Å². The van der Waals surface area contributed by atoms with Gasteiger partial charge in [-0.3, -0.25) is 4.57 Å². The predicted octanol–water partition coefficient (Wildman–Crippen LogP) is 3.83. The summed E-state index contributed by atoms with van der Waals surface area (Å²) in [6.07, 6.45) is -1.77. The van der Waals surface area contributed by atoms with Gasteiger partial charge >= 0.3 is 0 Å². The van der Waals surface area contributed by atoms with E-state index < -0.39 is 31.1 Å². The molecule has 0 spiro atoms. The Hall–Kier alpha value is -4.59. The minimum atomic E-state index is -1.35. The lowest BCUT2D eigenvalue weighted by Gasteiger charge is -2.25. The van der Waals surface area contributed by atoms with E-state index >= 15 is 0 Å². The number of aliphatic hydroxyl groups excluding tert-OH is 3. The fraction of sp³-hybridized carbons (Fsp3) is 0.324. The summed E-state index contributed by atoms with van der Waals surface area (Å²) < 4.78 is 19.7. The summed E-state index contributed by atoms with van der Waals surface area (Å²) in [5.74, 6) is 1.18. The van der Waals surface area contributed by atoms with Crippen molar-refractivity contribution in [2.45, 2.75) is 44.0 Å². The number of fused-ring (bicyclic) bond motifs is 1. The van der Waals surface area contributed by atoms with Crippen LogP contribution in [-0.4, -0.2) is 80.0 Å². The molecule has 2 aromatic heterocycles. The van der Waals surface area contributed by atoms with Gasteiger partial charge in [-0.2, -0.15) is 0 Å². The summed E-state index contributed by atoms with van der Waals surface area (Å²) in [7, 11) is 1.81. The number of hydrogen-bond acceptors (Lipinski definition) is 11. The maximum Gasteiger partial charge on any atom is 0.214 e. The van der Waals surface area contributed by atoms with Crippen LogP contribution in [0.3, 0.4) is 0 Å². The maximum atomic E-state index is 10.9. The van der Waals surface area contributed by atoms with E-state index in [0.29, 0.717) is 42.7 Å². The number of hydrogen-bond donors (Lipinski definition) is 4. The largest absolute Gasteiger partial charge is 0.493 e. The molecule has 0 bridgehead atoms. The Morgan fingerprint density at radius 2 is 1.67 bits per heavy atom. The number of aliphatic hydroxyl groups is 3. The van der Waals surface area contributed by atoms with Gasteiger partial charge in [0.25, 0.3) is 0 Å². The number of aromatic nitrogens is 4. The Labute approximate surface area is 266 Å². The summed E-state index contributed by atoms with van der Waals surface area (Å²) >= 11 is 0. The number of rotatable bonds is 13. The van der Waals surface area contributed by atoms with Crippen LogP contribution in [0.2, 0.25) is 0 Å². The normalized spacial score (nSPS) is 19.5. The molecule has 12 nitrogen and oxygen atoms in total. The highest BCUT2D eigenvalue weighted by molar-refractivity contribution is 5.85. The molecule has 5 N–H and O–H groups in total. The Balaban J connectivity index is 1.25. The predicted molar refractivity (Wildman–Crippen MR) is 174 cm³/mol. The van der Waals surface area contributed by atoms with Gasteiger partial charge in [-0.25, -0.2) is 15.0 Å². The molecule has 1 fully saturated rings. The van der Waals surface area contributed by atoms with Crippen molar-refractivity contribution in [2.75, 3.05) is 37.5 Å². The van der Waals surface area contributed by atoms with E-state index in [2.05, 4.69) is 9.97 Å². The topological polar surface area (TPSA) is 161 Å². The van der Waals surface area contributed by atoms with Crippen LogP contribution < -0.4 is 15.4 Å². The number of benzene rings is 3. The highest BCUT2D eigenvalue weighted by atomic mass is 16.6. The Bertz CT molecular complexity index is 1740. The first-order valence-corrected chi connectivity index (χ1v) is 15.2. The molecule has 6 rings (SSSR count). The molecule has 1 saturated heterocycles. The van der Waals surface area contributed by atoms with Gasteiger partial charge in [-0.1, -0.05) is 60.7 Å². The first-order valence-electron chi connectivity index (χ1n) is 15.2. The Kier molecular flexibility index (Phi) is 9.71. The first-order chi connectivity index (χ1) is 22.5. The molecule has 240 valence electrons. The molecule has 4 atom stereocenters. The number of ether oxygens (including phenoxy) is 3. The van der Waals surface area contributed by atoms with Crippen LogP contribution in [0.25, 0.3) is 22.3 Å². The highest BCUT2D eigenvalue weighted by Gasteiger charge is 2.45. The second-order valence-electron chi connectivity index (χ2n) is 11.1. The molecule has 0 saturated carbocycles. The van der Waals surface area contributed by atoms with Crippen LogP contribution in [0.4, 0.5) is 17.5 Å². The molecule has 2 unspecified atom stereocenters. The molecule has 3 aromatic carbocycles. The molecular weight excluding hydrogens is 588 g/mol. The van der Waals surface area contributed by atoms with Crippen LogP contribution >= 0.6 is 0 Å². The Morgan fingerprint density at radius 3 is 2.41 bits per heavy atom. The number of nitrogen functional groups attached to an aromatic ring is 1. The summed E-state index contributed by atoms with van der Waals surface area (Å²) in [6.45, 7) is 1.24. The van der Waals surface area contributed by atoms with Gasteiger partial charge in [0.1, 0.15) is 30.4 Å². The van der Waals surface area contributed by atoms with Crippen LogP contribution in [-0.2, 0) is 16.1 Å². The number of imidazole rings is 1. The zero-order valence-electron chi connectivity index (χ0n) is 25.5. The third kappa shape index (κ3) is 6.52. The zero-order chi connectivity index (χ0) is 32.0. The van der Waals surface area contributed by atoms with Gasteiger partial charge in [-0.15, -0.1) is 0 Å². The van der Waals surface area contributed by atoms with E-state index in [1.807, 2.05) is 85.9 Å². The van der Waals surface area contributed by atoms with Gasteiger partial charge in [0.2, 0.25) is 5.95 Å². The van der Waals surface area contributed by atoms with E-state index in [4.69, 9.17) is 24.9 Å². The van der Waals surface area contributed by atoms with Crippen molar-refractivity contribution < 1.29 is 29.5 Å². The summed E-state index contributed by atoms with van der Waals surface area (Å²) in [4.78, 5) is 15.0. The zero-order valence-corrected chi connectivity index (χ0v) is 25.5. The van der Waals surface area contributed by atoms with Crippen LogP contribution in [0, 0.1) is 0 Å². The molecular formula is C34H38N6O6. The van der Waals surface area contributed by atoms with Crippen molar-refractivity contribution in [3.8, 4) is 16.9 Å². The first kappa shape index (κ1) is 31.4. The van der Waals surface area contributed by atoms with Crippen molar-refractivity contribution in [3.05, 3.63) is 90.8 Å². The number of nitrogens with zero attached hydrogens (tertiary/aromatic N) is 5. The molecule has 3 heterocycles. The lowest BCUT2D eigenvalue weighted by Crippen LogP contribution is -2.33. The molecule has 12 heteroatoms. The average Bonchev–Trinajstić information content (AvgIpc) is 3.61. The molecule has 5 aromatic rings. The minimum absolute atomic E-state index is 0.154. The second kappa shape index (κ2) is 14.2. The molecule has 1 aliphatic heterocycles. The number of nitrogens with two attached hydrogens (primary N) is 1. The number of anilines is 3. The standard InChI is InChI=1S/C34H38N6O6/c1-39(34-38-28-31(35)36-21-37-32(28)40(34)33-30(43)29(42)27(19-41)46-33)24-14-15-25(23-12-6-3-7-13-23)26(18-24)45-17-9-8-16-44-20-22-10-4-2-5-11-22/h2-7,10-15,18,21,27,29-30,33,41-43H,8-9,16-17,19-20H2,1H3,(H2,35,36,37)/t27-,29?,30?,33-/m1/s1. The van der Waals surface area contributed by atoms with Crippen molar-refractivity contribution in [3.63, 3.8) is 0 Å². The highest BCUT2D eigenvalue weighted by Crippen LogP contribution is 2.40. The monoisotopic (exact) mass is 626 g/mol. The van der Waals surface area contributed by atoms with Crippen molar-refractivity contribution in [2.24, 2.45) is 0 Å². The van der Waals surface area contributed by atoms with Crippen LogP contribution in [0.15, 0.2) is 85.2 Å². The van der Waals surface area contributed by atoms with Crippen molar-refractivity contribution in [1.29, 1.82) is 0 Å². The Morgan fingerprint density at radius 1 is 0.935 bits per heavy atom. The van der Waals surface area contributed by atoms with Crippen LogP contribution in [0.5, 0.6) is 5.75 Å². The molecule has 46 heavy (non-hydrogen) atoms. The van der Waals surface area contributed by atoms with Gasteiger partial charge in [0.15, 0.2) is 23.2 Å². The van der Waals surface area contributed by atoms with Gasteiger partial charge in [-0.05, 0) is 36.1 Å². The average molecular weight is 627 g/mol. The van der Waals surface area contributed by atoms with Gasteiger partial charge in [0.05, 0.1) is 19.8 Å². The van der Waals surface area contributed by atoms with E-state index in [0.717, 1.165) is 35.2 Å². The van der Waals surface area contributed by atoms with E-state index in [1.165, 1.54) is 6.33 Å². The maximum absolute atomic E-state index is 10.9. The fourth-order valence-corrected chi connectivity index (χ4v) is 5.54. The van der Waals surface area contributed by atoms with Gasteiger partial charge in [0, 0.05) is 31.0 Å². The lowest BCUT2D eigenvalue weighted by atomic mass is 10.0. The summed E-state index contributed by atoms with van der Waals surface area (Å²) in [6, 6.07) is 26.0. The second-order valence-corrected chi connectivity index (χ2v) is 11.1.